The third kappa shape index (κ3) is 2.66. The van der Waals surface area contributed by atoms with Gasteiger partial charge < -0.3 is 0 Å². The van der Waals surface area contributed by atoms with Crippen molar-refractivity contribution >= 4 is 22.5 Å². The second-order valence-corrected chi connectivity index (χ2v) is 6.46. The van der Waals surface area contributed by atoms with E-state index in [1.165, 1.54) is 12.3 Å². The van der Waals surface area contributed by atoms with Gasteiger partial charge in [-0.15, -0.1) is 0 Å². The number of aromatic nitrogens is 4. The molecule has 1 fully saturated rings. The van der Waals surface area contributed by atoms with Crippen LogP contribution in [0.2, 0.25) is 5.15 Å². The van der Waals surface area contributed by atoms with Gasteiger partial charge in [-0.1, -0.05) is 17.7 Å². The van der Waals surface area contributed by atoms with Crippen LogP contribution in [0.4, 0.5) is 17.6 Å². The molecule has 1 saturated carbocycles. The van der Waals surface area contributed by atoms with Crippen LogP contribution in [0.3, 0.4) is 0 Å². The standard InChI is InChI=1S/C16H11ClF4N4O/c17-14-8-5-22-25(12-4-7(12)15(20)21)16(26)13(8)23-24(14)6-9-10(18)2-1-3-11(9)19/h1-3,5,7,12,15H,4,6H2/t7-,12+/m0/s1. The molecule has 2 atom stereocenters. The van der Waals surface area contributed by atoms with Crippen LogP contribution in [0.5, 0.6) is 0 Å². The Morgan fingerprint density at radius 3 is 2.58 bits per heavy atom. The number of rotatable bonds is 4. The molecule has 1 aliphatic rings. The predicted molar refractivity (Wildman–Crippen MR) is 85.4 cm³/mol. The van der Waals surface area contributed by atoms with Gasteiger partial charge in [0.1, 0.15) is 16.8 Å². The van der Waals surface area contributed by atoms with Crippen molar-refractivity contribution in [3.05, 3.63) is 57.1 Å². The number of halogens is 5. The van der Waals surface area contributed by atoms with Gasteiger partial charge in [-0.3, -0.25) is 4.79 Å². The van der Waals surface area contributed by atoms with Gasteiger partial charge in [0, 0.05) is 11.5 Å². The summed E-state index contributed by atoms with van der Waals surface area (Å²) >= 11 is 6.16. The molecule has 0 amide bonds. The van der Waals surface area contributed by atoms with Crippen molar-refractivity contribution in [2.75, 3.05) is 0 Å². The number of fused-ring (bicyclic) bond motifs is 1. The van der Waals surface area contributed by atoms with Gasteiger partial charge in [-0.05, 0) is 18.6 Å². The molecule has 1 aromatic carbocycles. The summed E-state index contributed by atoms with van der Waals surface area (Å²) in [7, 11) is 0. The molecule has 0 spiro atoms. The van der Waals surface area contributed by atoms with Gasteiger partial charge in [0.15, 0.2) is 5.52 Å². The fourth-order valence-electron chi connectivity index (χ4n) is 2.93. The average Bonchev–Trinajstić information content (AvgIpc) is 3.32. The van der Waals surface area contributed by atoms with Crippen molar-refractivity contribution in [2.24, 2.45) is 5.92 Å². The fourth-order valence-corrected chi connectivity index (χ4v) is 3.17. The molecule has 4 rings (SSSR count). The lowest BCUT2D eigenvalue weighted by molar-refractivity contribution is 0.115. The van der Waals surface area contributed by atoms with Crippen LogP contribution in [-0.4, -0.2) is 26.0 Å². The van der Waals surface area contributed by atoms with E-state index in [1.54, 1.807) is 0 Å². The van der Waals surface area contributed by atoms with Crippen molar-refractivity contribution in [3.63, 3.8) is 0 Å². The summed E-state index contributed by atoms with van der Waals surface area (Å²) in [5.74, 6) is -2.45. The second kappa shape index (κ2) is 6.08. The molecule has 0 N–H and O–H groups in total. The van der Waals surface area contributed by atoms with Crippen LogP contribution in [0.25, 0.3) is 10.9 Å². The van der Waals surface area contributed by atoms with Gasteiger partial charge in [-0.2, -0.15) is 10.2 Å². The number of benzene rings is 1. The summed E-state index contributed by atoms with van der Waals surface area (Å²) in [4.78, 5) is 12.5. The molecule has 0 radical (unpaired) electrons. The highest BCUT2D eigenvalue weighted by Crippen LogP contribution is 2.46. The van der Waals surface area contributed by atoms with Gasteiger partial charge in [0.2, 0.25) is 6.43 Å². The quantitative estimate of drug-likeness (QED) is 0.646. The zero-order valence-corrected chi connectivity index (χ0v) is 13.8. The summed E-state index contributed by atoms with van der Waals surface area (Å²) in [6.07, 6.45) is -1.12. The number of hydrogen-bond acceptors (Lipinski definition) is 3. The summed E-state index contributed by atoms with van der Waals surface area (Å²) in [5.41, 5.74) is -0.998. The minimum Gasteiger partial charge on any atom is -0.265 e. The second-order valence-electron chi connectivity index (χ2n) is 6.11. The van der Waals surface area contributed by atoms with E-state index in [2.05, 4.69) is 10.2 Å². The normalized spacial score (nSPS) is 19.5. The van der Waals surface area contributed by atoms with E-state index in [1.807, 2.05) is 0 Å². The first-order valence-electron chi connectivity index (χ1n) is 7.73. The first kappa shape index (κ1) is 17.0. The molecule has 3 aromatic rings. The highest BCUT2D eigenvalue weighted by Gasteiger charge is 2.47. The molecule has 2 heterocycles. The third-order valence-electron chi connectivity index (χ3n) is 4.46. The van der Waals surface area contributed by atoms with Crippen molar-refractivity contribution < 1.29 is 17.6 Å². The molecular formula is C16H11ClF4N4O. The van der Waals surface area contributed by atoms with Crippen LogP contribution in [0.1, 0.15) is 18.0 Å². The maximum Gasteiger partial charge on any atom is 0.295 e. The Labute approximate surface area is 148 Å². The van der Waals surface area contributed by atoms with Gasteiger partial charge in [-0.25, -0.2) is 26.9 Å². The molecular weight excluding hydrogens is 376 g/mol. The van der Waals surface area contributed by atoms with E-state index >= 15 is 0 Å². The Morgan fingerprint density at radius 1 is 1.27 bits per heavy atom. The summed E-state index contributed by atoms with van der Waals surface area (Å²) in [5, 5.41) is 8.10. The van der Waals surface area contributed by atoms with E-state index in [-0.39, 0.29) is 34.6 Å². The van der Waals surface area contributed by atoms with Crippen LogP contribution in [0, 0.1) is 17.6 Å². The van der Waals surface area contributed by atoms with Crippen molar-refractivity contribution in [3.8, 4) is 0 Å². The summed E-state index contributed by atoms with van der Waals surface area (Å²) < 4.78 is 55.2. The first-order chi connectivity index (χ1) is 12.4. The third-order valence-corrected chi connectivity index (χ3v) is 4.86. The summed E-state index contributed by atoms with van der Waals surface area (Å²) in [6.45, 7) is -0.325. The molecule has 1 aliphatic carbocycles. The van der Waals surface area contributed by atoms with Crippen LogP contribution >= 0.6 is 11.6 Å². The molecule has 26 heavy (non-hydrogen) atoms. The maximum absolute atomic E-state index is 13.8. The lowest BCUT2D eigenvalue weighted by atomic mass is 10.2. The average molecular weight is 387 g/mol. The van der Waals surface area contributed by atoms with E-state index in [4.69, 9.17) is 11.6 Å². The van der Waals surface area contributed by atoms with E-state index in [0.29, 0.717) is 0 Å². The monoisotopic (exact) mass is 386 g/mol. The number of hydrogen-bond donors (Lipinski definition) is 0. The molecule has 5 nitrogen and oxygen atoms in total. The zero-order valence-electron chi connectivity index (χ0n) is 13.0. The van der Waals surface area contributed by atoms with Crippen LogP contribution in [-0.2, 0) is 6.54 Å². The predicted octanol–water partition coefficient (Wildman–Crippen LogP) is 3.40. The Kier molecular flexibility index (Phi) is 3.98. The Balaban J connectivity index is 1.75. The minimum atomic E-state index is -2.53. The SMILES string of the molecule is O=c1c2nn(Cc3c(F)cccc3F)c(Cl)c2cnn1[C@@H]1C[C@@H]1C(F)F. The zero-order chi connectivity index (χ0) is 18.6. The fraction of sp³-hybridized carbons (Fsp3) is 0.312. The molecule has 136 valence electrons. The molecule has 10 heteroatoms. The lowest BCUT2D eigenvalue weighted by Gasteiger charge is -2.05. The van der Waals surface area contributed by atoms with Crippen molar-refractivity contribution in [1.29, 1.82) is 0 Å². The van der Waals surface area contributed by atoms with Gasteiger partial charge in [0.05, 0.1) is 24.2 Å². The van der Waals surface area contributed by atoms with Crippen LogP contribution in [0.15, 0.2) is 29.2 Å². The summed E-state index contributed by atoms with van der Waals surface area (Å²) in [6, 6.07) is 2.75. The Hall–Kier alpha value is -2.42. The Bertz CT molecular complexity index is 1040. The largest absolute Gasteiger partial charge is 0.295 e. The van der Waals surface area contributed by atoms with Crippen molar-refractivity contribution in [1.82, 2.24) is 19.6 Å². The topological polar surface area (TPSA) is 52.7 Å². The molecule has 2 aromatic heterocycles. The first-order valence-corrected chi connectivity index (χ1v) is 8.11. The Morgan fingerprint density at radius 2 is 1.96 bits per heavy atom. The highest BCUT2D eigenvalue weighted by molar-refractivity contribution is 6.34. The lowest BCUT2D eigenvalue weighted by Crippen LogP contribution is -2.23. The number of nitrogens with zero attached hydrogens (tertiary/aromatic N) is 4. The number of alkyl halides is 2. The van der Waals surface area contributed by atoms with E-state index < -0.39 is 35.6 Å². The smallest absolute Gasteiger partial charge is 0.265 e. The van der Waals surface area contributed by atoms with E-state index in [9.17, 15) is 22.4 Å². The minimum absolute atomic E-state index is 0.0133. The van der Waals surface area contributed by atoms with E-state index in [0.717, 1.165) is 21.5 Å². The molecule has 0 aliphatic heterocycles. The van der Waals surface area contributed by atoms with Crippen molar-refractivity contribution in [2.45, 2.75) is 25.4 Å². The molecule has 0 saturated heterocycles. The van der Waals surface area contributed by atoms with Gasteiger partial charge >= 0.3 is 0 Å². The molecule has 0 bridgehead atoms. The van der Waals surface area contributed by atoms with Crippen LogP contribution < -0.4 is 5.56 Å². The molecule has 0 unspecified atom stereocenters. The maximum atomic E-state index is 13.8. The van der Waals surface area contributed by atoms with Gasteiger partial charge in [0.25, 0.3) is 5.56 Å². The highest BCUT2D eigenvalue weighted by atomic mass is 35.5.